The number of pyridine rings is 3. The average molecular weight is 1970 g/mol. The van der Waals surface area contributed by atoms with Gasteiger partial charge in [0.1, 0.15) is 28.6 Å². The van der Waals surface area contributed by atoms with Gasteiger partial charge in [0, 0.05) is 140 Å². The van der Waals surface area contributed by atoms with E-state index in [1.807, 2.05) is 51.4 Å². The number of furan rings is 1. The minimum Gasteiger partial charge on any atom is -0.455 e. The van der Waals surface area contributed by atoms with E-state index in [9.17, 15) is 0 Å². The predicted molar refractivity (Wildman–Crippen MR) is 636 cm³/mol. The molecule has 0 saturated carbocycles. The Morgan fingerprint density at radius 1 is 0.201 bits per heavy atom. The van der Waals surface area contributed by atoms with Gasteiger partial charge in [0.15, 0.2) is 0 Å². The molecule has 0 amide bonds. The highest BCUT2D eigenvalue weighted by molar-refractivity contribution is 7.27. The number of hydrogen-bond acceptors (Lipinski definition) is 8. The molecule has 0 aliphatic heterocycles. The van der Waals surface area contributed by atoms with E-state index in [-0.39, 0.29) is 5.41 Å². The third kappa shape index (κ3) is 14.1. The number of nitrogens with zero attached hydrogens (tertiary/aromatic N) is 6. The highest BCUT2D eigenvalue weighted by atomic mass is 32.1. The molecule has 1 aliphatic rings. The van der Waals surface area contributed by atoms with Crippen molar-refractivity contribution in [2.45, 2.75) is 19.3 Å². The van der Waals surface area contributed by atoms with Gasteiger partial charge in [0.2, 0.25) is 0 Å². The maximum Gasteiger partial charge on any atom is 0.145 e. The third-order valence-corrected chi connectivity index (χ3v) is 35.2. The lowest BCUT2D eigenvalue weighted by Gasteiger charge is -2.22. The fourth-order valence-corrected chi connectivity index (χ4v) is 28.5. The van der Waals surface area contributed by atoms with Crippen LogP contribution in [0.15, 0.2) is 490 Å². The summed E-state index contributed by atoms with van der Waals surface area (Å²) in [6.07, 6.45) is 0. The van der Waals surface area contributed by atoms with Gasteiger partial charge in [-0.15, -0.1) is 45.3 Å². The van der Waals surface area contributed by atoms with E-state index in [4.69, 9.17) is 19.4 Å². The van der Waals surface area contributed by atoms with Crippen molar-refractivity contribution in [1.29, 1.82) is 0 Å². The number of thiophene rings is 4. The molecule has 0 saturated heterocycles. The minimum absolute atomic E-state index is 0.141. The van der Waals surface area contributed by atoms with Crippen LogP contribution in [0.2, 0.25) is 0 Å². The fourth-order valence-electron chi connectivity index (χ4n) is 23.8. The Hall–Kier alpha value is -18.1. The Balaban J connectivity index is 0.000000103. The second-order valence-corrected chi connectivity index (χ2v) is 43.7. The van der Waals surface area contributed by atoms with Crippen LogP contribution in [0, 0.1) is 0 Å². The molecular formula is C138H86N6OS4. The Morgan fingerprint density at radius 2 is 0.564 bits per heavy atom. The first-order chi connectivity index (χ1) is 73.6. The van der Waals surface area contributed by atoms with E-state index in [1.165, 1.54) is 169 Å². The van der Waals surface area contributed by atoms with Crippen LogP contribution < -0.4 is 0 Å². The Morgan fingerprint density at radius 3 is 1.15 bits per heavy atom. The number of benzene rings is 20. The van der Waals surface area contributed by atoms with Gasteiger partial charge < -0.3 is 4.42 Å². The second-order valence-electron chi connectivity index (χ2n) is 39.4. The van der Waals surface area contributed by atoms with Crippen LogP contribution in [0.4, 0.5) is 0 Å². The summed E-state index contributed by atoms with van der Waals surface area (Å²) in [5, 5.41) is 19.9. The maximum atomic E-state index is 6.60. The number of para-hydroxylation sites is 4. The van der Waals surface area contributed by atoms with Crippen LogP contribution in [0.25, 0.3) is 286 Å². The number of fused-ring (bicyclic) bond motifs is 30. The van der Waals surface area contributed by atoms with Gasteiger partial charge in [-0.05, 0) is 211 Å². The molecule has 7 nitrogen and oxygen atoms in total. The molecule has 698 valence electrons. The lowest BCUT2D eigenvalue weighted by atomic mass is 9.80. The maximum absolute atomic E-state index is 6.60. The molecule has 0 spiro atoms. The molecule has 149 heavy (non-hydrogen) atoms. The van der Waals surface area contributed by atoms with E-state index in [0.29, 0.717) is 0 Å². The third-order valence-electron chi connectivity index (χ3n) is 30.6. The SMILES string of the molecule is CC1(C)c2ccccc2-c2ccc3c(c21)c1ccccc1n3-c1cc(-c2cccc(-c3ccccc3)c2)cc(-c2ccc3c(c2)sc2ccccc23)n1.c1ccc(-c2cc(-c3cccc4sc5ccccc5c34)nc(-n3c4ccccc4c4c5sc6ccccc6c5ccc43)c2)cc1.c1ccc(-c2ccc(-c3cc(-c4cccc5sc6ccccc6c45)nc(-n4c5ccccc5c5c6oc7ccccc7c6ccc54)c3)cc2)cc1. The van der Waals surface area contributed by atoms with Gasteiger partial charge in [-0.25, -0.2) is 15.0 Å². The fraction of sp³-hybridized carbons (Fsp3) is 0.0217. The zero-order chi connectivity index (χ0) is 98.2. The zero-order valence-corrected chi connectivity index (χ0v) is 84.2. The zero-order valence-electron chi connectivity index (χ0n) is 80.9. The number of rotatable bonds is 11. The van der Waals surface area contributed by atoms with Crippen molar-refractivity contribution in [2.75, 3.05) is 0 Å². The smallest absolute Gasteiger partial charge is 0.145 e. The molecule has 11 heterocycles. The summed E-state index contributed by atoms with van der Waals surface area (Å²) in [5.41, 5.74) is 32.0. The van der Waals surface area contributed by atoms with Crippen LogP contribution in [-0.4, -0.2) is 28.7 Å². The highest BCUT2D eigenvalue weighted by Gasteiger charge is 2.39. The highest BCUT2D eigenvalue weighted by Crippen LogP contribution is 2.56. The monoisotopic (exact) mass is 1970 g/mol. The molecule has 20 aromatic carbocycles. The quantitative estimate of drug-likeness (QED) is 0.129. The van der Waals surface area contributed by atoms with Gasteiger partial charge in [-0.2, -0.15) is 0 Å². The summed E-state index contributed by atoms with van der Waals surface area (Å²) in [5.74, 6) is 2.71. The van der Waals surface area contributed by atoms with Crippen molar-refractivity contribution in [3.05, 3.63) is 496 Å². The van der Waals surface area contributed by atoms with Crippen molar-refractivity contribution in [3.8, 4) is 118 Å². The van der Waals surface area contributed by atoms with Gasteiger partial charge in [-0.1, -0.05) is 366 Å². The summed E-state index contributed by atoms with van der Waals surface area (Å²) in [6, 6.07) is 175. The van der Waals surface area contributed by atoms with Crippen LogP contribution in [-0.2, 0) is 5.41 Å². The molecule has 0 unspecified atom stereocenters. The molecule has 11 aromatic heterocycles. The van der Waals surface area contributed by atoms with Gasteiger partial charge >= 0.3 is 0 Å². The van der Waals surface area contributed by atoms with Crippen LogP contribution in [0.1, 0.15) is 25.0 Å². The predicted octanol–water partition coefficient (Wildman–Crippen LogP) is 39.5. The minimum atomic E-state index is -0.141. The molecule has 0 atom stereocenters. The topological polar surface area (TPSA) is 66.6 Å². The molecule has 0 N–H and O–H groups in total. The first-order valence-electron chi connectivity index (χ1n) is 50.6. The average Bonchev–Trinajstić information content (AvgIpc) is 1.54. The van der Waals surface area contributed by atoms with E-state index >= 15 is 0 Å². The van der Waals surface area contributed by atoms with E-state index in [0.717, 1.165) is 128 Å². The summed E-state index contributed by atoms with van der Waals surface area (Å²) in [7, 11) is 0. The Bertz CT molecular complexity index is 10900. The summed E-state index contributed by atoms with van der Waals surface area (Å²) in [6.45, 7) is 4.76. The normalized spacial score (nSPS) is 12.4. The summed E-state index contributed by atoms with van der Waals surface area (Å²) in [4.78, 5) is 16.6. The van der Waals surface area contributed by atoms with Crippen molar-refractivity contribution in [1.82, 2.24) is 28.7 Å². The van der Waals surface area contributed by atoms with Gasteiger partial charge in [0.05, 0.1) is 55.6 Å². The molecule has 0 bridgehead atoms. The van der Waals surface area contributed by atoms with Gasteiger partial charge in [-0.3, -0.25) is 13.7 Å². The first-order valence-corrected chi connectivity index (χ1v) is 53.9. The van der Waals surface area contributed by atoms with Crippen LogP contribution >= 0.6 is 45.3 Å². The largest absolute Gasteiger partial charge is 0.455 e. The Kier molecular flexibility index (Phi) is 20.1. The molecule has 32 rings (SSSR count). The lowest BCUT2D eigenvalue weighted by molar-refractivity contribution is 0.666. The van der Waals surface area contributed by atoms with Crippen LogP contribution in [0.3, 0.4) is 0 Å². The molecule has 0 fully saturated rings. The molecular weight excluding hydrogens is 1890 g/mol. The first kappa shape index (κ1) is 86.4. The lowest BCUT2D eigenvalue weighted by Crippen LogP contribution is -2.15. The van der Waals surface area contributed by atoms with Crippen molar-refractivity contribution >= 4 is 213 Å². The molecule has 31 aromatic rings. The molecule has 11 heteroatoms. The van der Waals surface area contributed by atoms with E-state index < -0.39 is 0 Å². The second kappa shape index (κ2) is 34.6. The Labute approximate surface area is 873 Å². The van der Waals surface area contributed by atoms with Crippen molar-refractivity contribution in [3.63, 3.8) is 0 Å². The molecule has 0 radical (unpaired) electrons. The van der Waals surface area contributed by atoms with Crippen molar-refractivity contribution in [2.24, 2.45) is 0 Å². The summed E-state index contributed by atoms with van der Waals surface area (Å²) >= 11 is 7.42. The van der Waals surface area contributed by atoms with E-state index in [1.54, 1.807) is 0 Å². The van der Waals surface area contributed by atoms with Gasteiger partial charge in [0.25, 0.3) is 0 Å². The van der Waals surface area contributed by atoms with Crippen LogP contribution in [0.5, 0.6) is 0 Å². The standard InChI is InChI=1S/C50H34N2S.C47H28N2OS.C41H24N2S2/c1-50(2)41-20-9-6-17-36(41)39-25-26-44-48(49(39)50)40-19-7-10-21-43(40)52(44)47-30-35(33-16-12-15-32(27-33)31-13-4-3-5-14-31)28-42(51-47)34-23-24-38-37-18-8-11-22-45(37)53-46(38)29-34;1-2-11-29(12-3-1)30-21-23-31(24-22-30)32-27-38(35-16-10-20-43-45(35)37-15-6-9-19-42(37)51-43)48-44(28-32)49-39-17-7-4-14-36(39)46-40(49)26-25-34-33-13-5-8-18-41(33)50-47(34)46;1-2-11-25(12-3-1)26-23-32(29-16-10-20-37-39(29)31-15-6-9-19-36(31)44-37)42-38(24-26)43-33-17-7-4-14-30(33)40-34(43)22-21-28-27-13-5-8-18-35(27)45-41(28)40/h3-30H,1-2H3;1-28H;1-24H. The number of aromatic nitrogens is 6. The summed E-state index contributed by atoms with van der Waals surface area (Å²) < 4.78 is 24.1. The number of hydrogen-bond donors (Lipinski definition) is 0. The van der Waals surface area contributed by atoms with Crippen molar-refractivity contribution < 1.29 is 4.42 Å². The van der Waals surface area contributed by atoms with E-state index in [2.05, 4.69) is 507 Å². The molecule has 1 aliphatic carbocycles.